The van der Waals surface area contributed by atoms with E-state index < -0.39 is 16.1 Å². The molecule has 0 N–H and O–H groups in total. The first-order chi connectivity index (χ1) is 6.58. The van der Waals surface area contributed by atoms with E-state index in [0.717, 1.165) is 0 Å². The van der Waals surface area contributed by atoms with Crippen LogP contribution in [0.5, 0.6) is 11.5 Å². The Kier molecular flexibility index (Phi) is 7.02. The minimum absolute atomic E-state index is 0. The van der Waals surface area contributed by atoms with Crippen LogP contribution in [0.1, 0.15) is 0 Å². The fraction of sp³-hybridized carbons (Fsp3) is 0.250. The maximum Gasteiger partial charge on any atom is 0.552 e. The Bertz CT molecular complexity index is 317. The van der Waals surface area contributed by atoms with Crippen molar-refractivity contribution in [3.05, 3.63) is 24.3 Å². The third-order valence-electron chi connectivity index (χ3n) is 1.29. The van der Waals surface area contributed by atoms with Crippen LogP contribution in [-0.2, 0) is 9.13 Å². The average Bonchev–Trinajstić information content (AvgIpc) is 2.06. The summed E-state index contributed by atoms with van der Waals surface area (Å²) in [4.78, 5) is 0. The van der Waals surface area contributed by atoms with Gasteiger partial charge in [-0.1, -0.05) is 0 Å². The standard InChI is InChI=1S/C8H10O4P2.Mg/c1-13(9)11-7-3-5-8(6-4-7)12-14(2)10;/h3-6H,1-2H3;/q+2;. The summed E-state index contributed by atoms with van der Waals surface area (Å²) in [5.41, 5.74) is 0. The third kappa shape index (κ3) is 6.05. The molecule has 1 rings (SSSR count). The van der Waals surface area contributed by atoms with Crippen molar-refractivity contribution in [2.75, 3.05) is 13.3 Å². The van der Waals surface area contributed by atoms with Crippen molar-refractivity contribution in [1.29, 1.82) is 0 Å². The van der Waals surface area contributed by atoms with E-state index in [-0.39, 0.29) is 23.1 Å². The zero-order valence-electron chi connectivity index (χ0n) is 8.54. The molecule has 0 amide bonds. The first-order valence-corrected chi connectivity index (χ1v) is 7.10. The molecule has 0 aliphatic heterocycles. The van der Waals surface area contributed by atoms with Crippen molar-refractivity contribution in [3.63, 3.8) is 0 Å². The Morgan fingerprint density at radius 3 is 1.33 bits per heavy atom. The molecule has 1 aromatic rings. The highest BCUT2D eigenvalue weighted by atomic mass is 31.1. The highest BCUT2D eigenvalue weighted by molar-refractivity contribution is 7.38. The first kappa shape index (κ1) is 14.8. The van der Waals surface area contributed by atoms with Crippen molar-refractivity contribution in [2.24, 2.45) is 0 Å². The van der Waals surface area contributed by atoms with Gasteiger partial charge in [-0.3, -0.25) is 9.05 Å². The van der Waals surface area contributed by atoms with Crippen molar-refractivity contribution >= 4 is 39.1 Å². The molecular formula is C8H10MgO4P2+2. The van der Waals surface area contributed by atoms with Gasteiger partial charge in [0.2, 0.25) is 0 Å². The topological polar surface area (TPSA) is 52.6 Å². The summed E-state index contributed by atoms with van der Waals surface area (Å²) in [6.07, 6.45) is 0. The molecule has 1 aromatic carbocycles. The van der Waals surface area contributed by atoms with Crippen LogP contribution in [0, 0.1) is 0 Å². The molecule has 0 spiro atoms. The summed E-state index contributed by atoms with van der Waals surface area (Å²) < 4.78 is 31.4. The second kappa shape index (κ2) is 7.12. The maximum atomic E-state index is 10.7. The lowest BCUT2D eigenvalue weighted by molar-refractivity contribution is 0.503. The molecule has 0 aliphatic rings. The van der Waals surface area contributed by atoms with Gasteiger partial charge < -0.3 is 0 Å². The number of hydrogen-bond donors (Lipinski definition) is 0. The van der Waals surface area contributed by atoms with E-state index in [1.165, 1.54) is 13.3 Å². The first-order valence-electron chi connectivity index (χ1n) is 3.85. The Labute approximate surface area is 106 Å². The van der Waals surface area contributed by atoms with E-state index in [1.807, 2.05) is 0 Å². The molecule has 0 saturated carbocycles. The van der Waals surface area contributed by atoms with Gasteiger partial charge in [0.1, 0.15) is 0 Å². The molecule has 0 heterocycles. The molecule has 0 aromatic heterocycles. The van der Waals surface area contributed by atoms with Crippen LogP contribution in [0.25, 0.3) is 0 Å². The molecule has 2 radical (unpaired) electrons. The van der Waals surface area contributed by atoms with Crippen molar-refractivity contribution in [1.82, 2.24) is 0 Å². The lowest BCUT2D eigenvalue weighted by Gasteiger charge is -1.93. The minimum atomic E-state index is -1.65. The van der Waals surface area contributed by atoms with Crippen molar-refractivity contribution < 1.29 is 18.2 Å². The van der Waals surface area contributed by atoms with Crippen LogP contribution in [0.4, 0.5) is 0 Å². The van der Waals surface area contributed by atoms with E-state index in [0.29, 0.717) is 11.5 Å². The third-order valence-corrected chi connectivity index (χ3v) is 2.23. The summed E-state index contributed by atoms with van der Waals surface area (Å²) in [5.74, 6) is 1.01. The number of rotatable bonds is 4. The maximum absolute atomic E-state index is 10.7. The van der Waals surface area contributed by atoms with Gasteiger partial charge in [0.25, 0.3) is 0 Å². The normalized spacial score (nSPS) is 11.1. The van der Waals surface area contributed by atoms with Gasteiger partial charge in [0.05, 0.1) is 0 Å². The molecule has 2 unspecified atom stereocenters. The quantitative estimate of drug-likeness (QED) is 0.614. The summed E-state index contributed by atoms with van der Waals surface area (Å²) >= 11 is 0. The Morgan fingerprint density at radius 1 is 0.867 bits per heavy atom. The van der Waals surface area contributed by atoms with Gasteiger partial charge >= 0.3 is 16.1 Å². The summed E-state index contributed by atoms with van der Waals surface area (Å²) in [5, 5.41) is 0. The number of benzene rings is 1. The zero-order chi connectivity index (χ0) is 10.6. The van der Waals surface area contributed by atoms with Gasteiger partial charge in [0.15, 0.2) is 24.8 Å². The lowest BCUT2D eigenvalue weighted by atomic mass is 10.3. The smallest absolute Gasteiger partial charge is 0.255 e. The van der Waals surface area contributed by atoms with Gasteiger partial charge in [0, 0.05) is 23.1 Å². The highest BCUT2D eigenvalue weighted by Crippen LogP contribution is 2.28. The minimum Gasteiger partial charge on any atom is -0.255 e. The van der Waals surface area contributed by atoms with Crippen LogP contribution < -0.4 is 9.05 Å². The van der Waals surface area contributed by atoms with E-state index in [9.17, 15) is 9.13 Å². The van der Waals surface area contributed by atoms with Crippen molar-refractivity contribution in [2.45, 2.75) is 0 Å². The van der Waals surface area contributed by atoms with Crippen LogP contribution in [0.3, 0.4) is 0 Å². The predicted octanol–water partition coefficient (Wildman–Crippen LogP) is 2.81. The van der Waals surface area contributed by atoms with Crippen molar-refractivity contribution in [3.8, 4) is 11.5 Å². The monoisotopic (exact) mass is 256 g/mol. The van der Waals surface area contributed by atoms with Gasteiger partial charge in [-0.25, -0.2) is 0 Å². The highest BCUT2D eigenvalue weighted by Gasteiger charge is 2.12. The molecule has 0 saturated heterocycles. The average molecular weight is 256 g/mol. The second-order valence-corrected chi connectivity index (χ2v) is 4.66. The van der Waals surface area contributed by atoms with E-state index in [1.54, 1.807) is 24.3 Å². The van der Waals surface area contributed by atoms with Gasteiger partial charge in [-0.05, 0) is 33.4 Å². The molecule has 4 nitrogen and oxygen atoms in total. The van der Waals surface area contributed by atoms with Crippen LogP contribution in [0.15, 0.2) is 24.3 Å². The molecule has 2 atom stereocenters. The second-order valence-electron chi connectivity index (χ2n) is 2.53. The van der Waals surface area contributed by atoms with Crippen LogP contribution in [-0.4, -0.2) is 36.4 Å². The van der Waals surface area contributed by atoms with E-state index in [2.05, 4.69) is 0 Å². The fourth-order valence-electron chi connectivity index (χ4n) is 0.858. The van der Waals surface area contributed by atoms with Crippen LogP contribution >= 0.6 is 16.1 Å². The van der Waals surface area contributed by atoms with E-state index >= 15 is 0 Å². The molecular weight excluding hydrogens is 246 g/mol. The Balaban J connectivity index is 0.00000196. The molecule has 15 heavy (non-hydrogen) atoms. The molecule has 76 valence electrons. The molecule has 0 bridgehead atoms. The SMILES string of the molecule is C[P+](=O)Oc1ccc(O[P+](C)=O)cc1.[Mg]. The summed E-state index contributed by atoms with van der Waals surface area (Å²) in [6, 6.07) is 6.46. The number of hydrogen-bond acceptors (Lipinski definition) is 4. The predicted molar refractivity (Wildman–Crippen MR) is 60.5 cm³/mol. The molecule has 7 heteroatoms. The van der Waals surface area contributed by atoms with E-state index in [4.69, 9.17) is 9.05 Å². The Hall–Kier alpha value is -0.214. The van der Waals surface area contributed by atoms with Crippen LogP contribution in [0.2, 0.25) is 0 Å². The molecule has 0 fully saturated rings. The summed E-state index contributed by atoms with van der Waals surface area (Å²) in [6.45, 7) is 2.95. The zero-order valence-corrected chi connectivity index (χ0v) is 11.7. The lowest BCUT2D eigenvalue weighted by Crippen LogP contribution is -1.81. The summed E-state index contributed by atoms with van der Waals surface area (Å²) in [7, 11) is -3.30. The fourth-order valence-corrected chi connectivity index (χ4v) is 1.70. The van der Waals surface area contributed by atoms with Gasteiger partial charge in [-0.2, -0.15) is 0 Å². The molecule has 0 aliphatic carbocycles. The largest absolute Gasteiger partial charge is 0.552 e. The van der Waals surface area contributed by atoms with Gasteiger partial charge in [-0.15, -0.1) is 0 Å². The Morgan fingerprint density at radius 2 is 1.13 bits per heavy atom.